The topological polar surface area (TPSA) is 103 Å². The molecule has 0 atom stereocenters. The molecule has 1 heterocycles. The van der Waals surface area contributed by atoms with Crippen molar-refractivity contribution < 1.29 is 18.7 Å². The van der Waals surface area contributed by atoms with Crippen LogP contribution in [0.5, 0.6) is 17.4 Å². The first-order valence-electron chi connectivity index (χ1n) is 8.62. The molecule has 0 unspecified atom stereocenters. The summed E-state index contributed by atoms with van der Waals surface area (Å²) < 4.78 is 23.9. The van der Waals surface area contributed by atoms with Crippen LogP contribution in [0.4, 0.5) is 4.39 Å². The smallest absolute Gasteiger partial charge is 0.219 e. The summed E-state index contributed by atoms with van der Waals surface area (Å²) in [7, 11) is 0. The van der Waals surface area contributed by atoms with Gasteiger partial charge in [0.05, 0.1) is 11.6 Å². The van der Waals surface area contributed by atoms with Gasteiger partial charge in [-0.3, -0.25) is 0 Å². The molecule has 0 aliphatic carbocycles. The van der Waals surface area contributed by atoms with Crippen LogP contribution in [0.1, 0.15) is 11.1 Å². The van der Waals surface area contributed by atoms with E-state index in [4.69, 9.17) is 25.3 Å². The van der Waals surface area contributed by atoms with Gasteiger partial charge in [-0.2, -0.15) is 5.26 Å². The molecule has 3 aromatic rings. The molecule has 1 aromatic heterocycles. The van der Waals surface area contributed by atoms with Crippen LogP contribution in [0.15, 0.2) is 72.0 Å². The van der Waals surface area contributed by atoms with Gasteiger partial charge in [-0.25, -0.2) is 9.37 Å². The SMILES string of the molecule is N#Cc1ccc(OCCON=C(N)c2ccc(Oc3ccc(F)cc3)nc2)cc1. The molecule has 0 aliphatic heterocycles. The lowest BCUT2D eigenvalue weighted by Gasteiger charge is -2.07. The zero-order valence-corrected chi connectivity index (χ0v) is 15.3. The quantitative estimate of drug-likeness (QED) is 0.272. The molecule has 0 spiro atoms. The highest BCUT2D eigenvalue weighted by Gasteiger charge is 2.03. The van der Waals surface area contributed by atoms with Crippen LogP contribution in [0.3, 0.4) is 0 Å². The second-order valence-corrected chi connectivity index (χ2v) is 5.74. The normalized spacial score (nSPS) is 10.8. The summed E-state index contributed by atoms with van der Waals surface area (Å²) in [6, 6.07) is 17.7. The maximum absolute atomic E-state index is 12.9. The minimum absolute atomic E-state index is 0.157. The van der Waals surface area contributed by atoms with E-state index in [2.05, 4.69) is 10.1 Å². The van der Waals surface area contributed by atoms with Gasteiger partial charge in [0.25, 0.3) is 0 Å². The van der Waals surface area contributed by atoms with Crippen molar-refractivity contribution >= 4 is 5.84 Å². The molecule has 2 aromatic carbocycles. The number of ether oxygens (including phenoxy) is 2. The third kappa shape index (κ3) is 5.94. The van der Waals surface area contributed by atoms with Gasteiger partial charge in [0, 0.05) is 17.8 Å². The van der Waals surface area contributed by atoms with Crippen LogP contribution < -0.4 is 15.2 Å². The van der Waals surface area contributed by atoms with Gasteiger partial charge in [0.1, 0.15) is 23.9 Å². The number of amidine groups is 1. The van der Waals surface area contributed by atoms with Gasteiger partial charge in [-0.1, -0.05) is 5.16 Å². The molecule has 146 valence electrons. The van der Waals surface area contributed by atoms with Crippen molar-refractivity contribution in [1.82, 2.24) is 4.98 Å². The number of halogens is 1. The lowest BCUT2D eigenvalue weighted by atomic mass is 10.2. The summed E-state index contributed by atoms with van der Waals surface area (Å²) in [6.07, 6.45) is 1.49. The number of aromatic nitrogens is 1. The average Bonchev–Trinajstić information content (AvgIpc) is 2.76. The molecule has 0 amide bonds. The fourth-order valence-electron chi connectivity index (χ4n) is 2.21. The molecule has 2 N–H and O–H groups in total. The van der Waals surface area contributed by atoms with E-state index in [1.807, 2.05) is 6.07 Å². The second-order valence-electron chi connectivity index (χ2n) is 5.74. The molecule has 0 saturated carbocycles. The molecule has 29 heavy (non-hydrogen) atoms. The van der Waals surface area contributed by atoms with E-state index in [1.54, 1.807) is 36.4 Å². The highest BCUT2D eigenvalue weighted by molar-refractivity contribution is 5.96. The number of hydrogen-bond donors (Lipinski definition) is 1. The van der Waals surface area contributed by atoms with E-state index >= 15 is 0 Å². The number of rotatable bonds is 8. The molecular weight excluding hydrogens is 375 g/mol. The van der Waals surface area contributed by atoms with Crippen molar-refractivity contribution in [3.05, 3.63) is 83.8 Å². The van der Waals surface area contributed by atoms with Crippen LogP contribution in [-0.4, -0.2) is 24.0 Å². The van der Waals surface area contributed by atoms with Gasteiger partial charge in [0.15, 0.2) is 12.4 Å². The monoisotopic (exact) mass is 392 g/mol. The lowest BCUT2D eigenvalue weighted by molar-refractivity contribution is 0.107. The number of nitrogens with two attached hydrogens (primary N) is 1. The average molecular weight is 392 g/mol. The number of nitrogens with zero attached hydrogens (tertiary/aromatic N) is 3. The Morgan fingerprint density at radius 2 is 1.72 bits per heavy atom. The van der Waals surface area contributed by atoms with Crippen LogP contribution in [0.25, 0.3) is 0 Å². The standard InChI is InChI=1S/C21H17FN4O3/c22-17-4-8-19(9-5-17)29-20-10-3-16(14-25-20)21(24)26-28-12-11-27-18-6-1-15(13-23)2-7-18/h1-10,14H,11-12H2,(H2,24,26). The van der Waals surface area contributed by atoms with Gasteiger partial charge < -0.3 is 20.0 Å². The fraction of sp³-hybridized carbons (Fsp3) is 0.0952. The van der Waals surface area contributed by atoms with Gasteiger partial charge >= 0.3 is 0 Å². The Morgan fingerprint density at radius 3 is 2.38 bits per heavy atom. The molecule has 0 saturated heterocycles. The van der Waals surface area contributed by atoms with E-state index in [9.17, 15) is 4.39 Å². The summed E-state index contributed by atoms with van der Waals surface area (Å²) in [4.78, 5) is 9.28. The molecule has 3 rings (SSSR count). The number of nitriles is 1. The fourth-order valence-corrected chi connectivity index (χ4v) is 2.21. The van der Waals surface area contributed by atoms with Crippen molar-refractivity contribution in [2.45, 2.75) is 0 Å². The first-order valence-corrected chi connectivity index (χ1v) is 8.62. The van der Waals surface area contributed by atoms with Crippen LogP contribution >= 0.6 is 0 Å². The Labute approximate surface area is 166 Å². The Balaban J connectivity index is 1.45. The van der Waals surface area contributed by atoms with E-state index < -0.39 is 0 Å². The minimum atomic E-state index is -0.341. The number of benzene rings is 2. The second kappa shape index (κ2) is 9.71. The van der Waals surface area contributed by atoms with E-state index in [0.29, 0.717) is 28.5 Å². The largest absolute Gasteiger partial charge is 0.490 e. The number of hydrogen-bond acceptors (Lipinski definition) is 6. The third-order valence-electron chi connectivity index (χ3n) is 3.66. The van der Waals surface area contributed by atoms with Gasteiger partial charge in [0.2, 0.25) is 5.88 Å². The molecule has 0 fully saturated rings. The van der Waals surface area contributed by atoms with Crippen molar-refractivity contribution in [2.24, 2.45) is 10.9 Å². The van der Waals surface area contributed by atoms with E-state index in [1.165, 1.54) is 30.5 Å². The van der Waals surface area contributed by atoms with Crippen LogP contribution in [0, 0.1) is 17.1 Å². The van der Waals surface area contributed by atoms with Crippen molar-refractivity contribution in [2.75, 3.05) is 13.2 Å². The Hall–Kier alpha value is -4.12. The Kier molecular flexibility index (Phi) is 6.58. The van der Waals surface area contributed by atoms with Crippen molar-refractivity contribution in [3.63, 3.8) is 0 Å². The zero-order valence-electron chi connectivity index (χ0n) is 15.3. The van der Waals surface area contributed by atoms with Gasteiger partial charge in [-0.05, 0) is 54.6 Å². The van der Waals surface area contributed by atoms with E-state index in [-0.39, 0.29) is 24.9 Å². The summed E-state index contributed by atoms with van der Waals surface area (Å²) in [6.45, 7) is 0.464. The maximum Gasteiger partial charge on any atom is 0.219 e. The predicted molar refractivity (Wildman–Crippen MR) is 104 cm³/mol. The third-order valence-corrected chi connectivity index (χ3v) is 3.66. The summed E-state index contributed by atoms with van der Waals surface area (Å²) in [5.74, 6) is 1.26. The highest BCUT2D eigenvalue weighted by Crippen LogP contribution is 2.19. The first-order chi connectivity index (χ1) is 14.1. The first kappa shape index (κ1) is 19.6. The van der Waals surface area contributed by atoms with E-state index in [0.717, 1.165) is 0 Å². The van der Waals surface area contributed by atoms with Crippen molar-refractivity contribution in [1.29, 1.82) is 5.26 Å². The van der Waals surface area contributed by atoms with Gasteiger partial charge in [-0.15, -0.1) is 0 Å². The summed E-state index contributed by atoms with van der Waals surface area (Å²) in [5.41, 5.74) is 6.99. The molecule has 0 aliphatic rings. The molecule has 0 bridgehead atoms. The maximum atomic E-state index is 12.9. The molecular formula is C21H17FN4O3. The zero-order chi connectivity index (χ0) is 20.5. The summed E-state index contributed by atoms with van der Waals surface area (Å²) >= 11 is 0. The van der Waals surface area contributed by atoms with Crippen LogP contribution in [0.2, 0.25) is 0 Å². The lowest BCUT2D eigenvalue weighted by Crippen LogP contribution is -2.15. The molecule has 8 heteroatoms. The van der Waals surface area contributed by atoms with Crippen LogP contribution in [-0.2, 0) is 4.84 Å². The Morgan fingerprint density at radius 1 is 1.00 bits per heavy atom. The summed E-state index contributed by atoms with van der Waals surface area (Å²) in [5, 5.41) is 12.6. The Bertz CT molecular complexity index is 998. The predicted octanol–water partition coefficient (Wildman–Crippen LogP) is 3.60. The minimum Gasteiger partial charge on any atom is -0.490 e. The highest BCUT2D eigenvalue weighted by atomic mass is 19.1. The van der Waals surface area contributed by atoms with Crippen molar-refractivity contribution in [3.8, 4) is 23.4 Å². The molecule has 7 nitrogen and oxygen atoms in total. The number of oxime groups is 1. The number of pyridine rings is 1. The molecule has 0 radical (unpaired) electrons.